The molecule has 146 valence electrons. The Bertz CT molecular complexity index is 1040. The van der Waals surface area contributed by atoms with Gasteiger partial charge in [0, 0.05) is 12.5 Å². The molecule has 1 saturated carbocycles. The molecule has 0 N–H and O–H groups in total. The molecule has 2 nitrogen and oxygen atoms in total. The lowest BCUT2D eigenvalue weighted by Crippen LogP contribution is -2.36. The summed E-state index contributed by atoms with van der Waals surface area (Å²) in [5.41, 5.74) is 9.46. The highest BCUT2D eigenvalue weighted by molar-refractivity contribution is 5.92. The monoisotopic (exact) mass is 373 g/mol. The Labute approximate surface area is 169 Å². The lowest BCUT2D eigenvalue weighted by atomic mass is 9.89. The number of benzene rings is 2. The van der Waals surface area contributed by atoms with E-state index in [-0.39, 0.29) is 0 Å². The highest BCUT2D eigenvalue weighted by atomic mass is 15.0. The van der Waals surface area contributed by atoms with Gasteiger partial charge in [-0.1, -0.05) is 38.8 Å². The van der Waals surface area contributed by atoms with E-state index in [0.29, 0.717) is 5.92 Å². The van der Waals surface area contributed by atoms with Gasteiger partial charge in [0.2, 0.25) is 0 Å². The first-order valence-corrected chi connectivity index (χ1v) is 10.8. The smallest absolute Gasteiger partial charge is 0.230 e. The van der Waals surface area contributed by atoms with E-state index >= 15 is 0 Å². The van der Waals surface area contributed by atoms with Gasteiger partial charge >= 0.3 is 0 Å². The molecule has 2 heteroatoms. The third-order valence-corrected chi connectivity index (χ3v) is 6.82. The molecule has 0 saturated heterocycles. The van der Waals surface area contributed by atoms with E-state index in [2.05, 4.69) is 76.6 Å². The molecule has 1 aromatic heterocycles. The molecule has 0 radical (unpaired) electrons. The Morgan fingerprint density at radius 1 is 1.00 bits per heavy atom. The fourth-order valence-electron chi connectivity index (χ4n) is 4.75. The molecule has 2 aromatic carbocycles. The molecule has 3 aromatic rings. The van der Waals surface area contributed by atoms with Crippen molar-refractivity contribution in [2.24, 2.45) is 7.05 Å². The van der Waals surface area contributed by atoms with Crippen LogP contribution in [0.15, 0.2) is 30.3 Å². The van der Waals surface area contributed by atoms with Crippen molar-refractivity contribution in [1.29, 1.82) is 0 Å². The van der Waals surface area contributed by atoms with Gasteiger partial charge in [-0.3, -0.25) is 0 Å². The maximum Gasteiger partial charge on any atom is 0.296 e. The molecule has 4 rings (SSSR count). The van der Waals surface area contributed by atoms with E-state index in [1.165, 1.54) is 64.6 Å². The largest absolute Gasteiger partial charge is 0.296 e. The Morgan fingerprint density at radius 3 is 2.39 bits per heavy atom. The first kappa shape index (κ1) is 19.1. The fraction of sp³-hybridized carbons (Fsp3) is 0.462. The Balaban J connectivity index is 1.99. The second kappa shape index (κ2) is 7.31. The van der Waals surface area contributed by atoms with Crippen LogP contribution in [0, 0.1) is 20.8 Å². The van der Waals surface area contributed by atoms with Crippen LogP contribution in [0.3, 0.4) is 0 Å². The SMILES string of the molecule is Cc1cc(C2CCCC2)cc(-c2c3ccc(C(C)C)cc3nc(C)[n+]2C)c1C. The van der Waals surface area contributed by atoms with Gasteiger partial charge in [-0.2, -0.15) is 0 Å². The van der Waals surface area contributed by atoms with Gasteiger partial charge in [-0.15, -0.1) is 0 Å². The van der Waals surface area contributed by atoms with Crippen LogP contribution < -0.4 is 4.57 Å². The Kier molecular flexibility index (Phi) is 4.99. The van der Waals surface area contributed by atoms with E-state index in [9.17, 15) is 0 Å². The predicted molar refractivity (Wildman–Crippen MR) is 118 cm³/mol. The van der Waals surface area contributed by atoms with Crippen LogP contribution in [0.5, 0.6) is 0 Å². The van der Waals surface area contributed by atoms with Crippen molar-refractivity contribution >= 4 is 10.9 Å². The quantitative estimate of drug-likeness (QED) is 0.483. The summed E-state index contributed by atoms with van der Waals surface area (Å²) in [4.78, 5) is 4.92. The average molecular weight is 374 g/mol. The topological polar surface area (TPSA) is 16.8 Å². The summed E-state index contributed by atoms with van der Waals surface area (Å²) in [6.45, 7) is 11.2. The van der Waals surface area contributed by atoms with E-state index in [1.54, 1.807) is 0 Å². The zero-order valence-electron chi connectivity index (χ0n) is 18.3. The van der Waals surface area contributed by atoms with Gasteiger partial charge in [0.25, 0.3) is 5.82 Å². The van der Waals surface area contributed by atoms with Gasteiger partial charge in [-0.25, -0.2) is 4.57 Å². The summed E-state index contributed by atoms with van der Waals surface area (Å²) >= 11 is 0. The molecule has 1 aliphatic carbocycles. The first-order valence-electron chi connectivity index (χ1n) is 10.8. The number of hydrogen-bond acceptors (Lipinski definition) is 1. The number of hydrogen-bond donors (Lipinski definition) is 0. The highest BCUT2D eigenvalue weighted by Gasteiger charge is 2.24. The summed E-state index contributed by atoms with van der Waals surface area (Å²) in [7, 11) is 2.16. The minimum absolute atomic E-state index is 0.513. The van der Waals surface area contributed by atoms with Crippen molar-refractivity contribution in [1.82, 2.24) is 4.98 Å². The Hall–Kier alpha value is -2.22. The van der Waals surface area contributed by atoms with Crippen molar-refractivity contribution in [3.8, 4) is 11.3 Å². The minimum Gasteiger partial charge on any atom is -0.230 e. The number of aromatic nitrogens is 2. The van der Waals surface area contributed by atoms with E-state index in [0.717, 1.165) is 17.3 Å². The number of nitrogens with zero attached hydrogens (tertiary/aromatic N) is 2. The lowest BCUT2D eigenvalue weighted by Gasteiger charge is -2.17. The molecule has 28 heavy (non-hydrogen) atoms. The van der Waals surface area contributed by atoms with Crippen molar-refractivity contribution in [3.63, 3.8) is 0 Å². The second-order valence-corrected chi connectivity index (χ2v) is 8.99. The van der Waals surface area contributed by atoms with Gasteiger partial charge in [0.15, 0.2) is 5.52 Å². The Morgan fingerprint density at radius 2 is 1.71 bits per heavy atom. The van der Waals surface area contributed by atoms with Crippen molar-refractivity contribution in [3.05, 3.63) is 58.4 Å². The van der Waals surface area contributed by atoms with Gasteiger partial charge in [0.1, 0.15) is 5.69 Å². The van der Waals surface area contributed by atoms with Crippen LogP contribution in [0.1, 0.15) is 79.4 Å². The third kappa shape index (κ3) is 3.23. The van der Waals surface area contributed by atoms with E-state index in [1.807, 2.05) is 0 Å². The maximum atomic E-state index is 4.92. The molecule has 1 fully saturated rings. The van der Waals surface area contributed by atoms with Crippen LogP contribution >= 0.6 is 0 Å². The maximum absolute atomic E-state index is 4.92. The zero-order chi connectivity index (χ0) is 20.0. The third-order valence-electron chi connectivity index (χ3n) is 6.82. The molecule has 1 aliphatic rings. The molecule has 0 atom stereocenters. The van der Waals surface area contributed by atoms with Crippen molar-refractivity contribution in [2.45, 2.75) is 72.1 Å². The van der Waals surface area contributed by atoms with Crippen LogP contribution in [-0.4, -0.2) is 4.98 Å². The summed E-state index contributed by atoms with van der Waals surface area (Å²) in [6, 6.07) is 11.7. The molecule has 1 heterocycles. The average Bonchev–Trinajstić information content (AvgIpc) is 3.20. The van der Waals surface area contributed by atoms with E-state index < -0.39 is 0 Å². The van der Waals surface area contributed by atoms with Crippen LogP contribution in [0.25, 0.3) is 22.2 Å². The van der Waals surface area contributed by atoms with Gasteiger partial charge in [0.05, 0.1) is 12.4 Å². The number of aryl methyl sites for hydroxylation is 2. The molecule has 0 aliphatic heterocycles. The molecule has 0 amide bonds. The number of rotatable bonds is 3. The molecule has 0 spiro atoms. The van der Waals surface area contributed by atoms with Crippen LogP contribution in [-0.2, 0) is 7.05 Å². The summed E-state index contributed by atoms with van der Waals surface area (Å²) in [6.07, 6.45) is 5.41. The molecule has 0 bridgehead atoms. The fourth-order valence-corrected chi connectivity index (χ4v) is 4.75. The summed E-state index contributed by atoms with van der Waals surface area (Å²) in [5, 5.41) is 1.25. The van der Waals surface area contributed by atoms with Crippen molar-refractivity contribution < 1.29 is 4.57 Å². The first-order chi connectivity index (χ1) is 13.4. The lowest BCUT2D eigenvalue weighted by molar-refractivity contribution is -0.668. The molecule has 0 unspecified atom stereocenters. The van der Waals surface area contributed by atoms with Gasteiger partial charge in [-0.05, 0) is 84.0 Å². The van der Waals surface area contributed by atoms with Gasteiger partial charge < -0.3 is 0 Å². The van der Waals surface area contributed by atoms with Crippen molar-refractivity contribution in [2.75, 3.05) is 0 Å². The predicted octanol–water partition coefficient (Wildman–Crippen LogP) is 6.43. The number of fused-ring (bicyclic) bond motifs is 1. The minimum atomic E-state index is 0.513. The normalized spacial score (nSPS) is 15.1. The molecular weight excluding hydrogens is 340 g/mol. The summed E-state index contributed by atoms with van der Waals surface area (Å²) < 4.78 is 2.28. The zero-order valence-corrected chi connectivity index (χ0v) is 18.3. The summed E-state index contributed by atoms with van der Waals surface area (Å²) in [5.74, 6) is 2.30. The van der Waals surface area contributed by atoms with Crippen LogP contribution in [0.2, 0.25) is 0 Å². The highest BCUT2D eigenvalue weighted by Crippen LogP contribution is 2.38. The van der Waals surface area contributed by atoms with Crippen LogP contribution in [0.4, 0.5) is 0 Å². The standard InChI is InChI=1S/C26H33N2/c1-16(2)21-11-12-23-25(15-21)27-19(5)28(6)26(23)24-14-22(13-17(3)18(24)4)20-9-7-8-10-20/h11-16,20H,7-10H2,1-6H3/q+1. The second-order valence-electron chi connectivity index (χ2n) is 8.99. The molecular formula is C26H33N2+. The van der Waals surface area contributed by atoms with E-state index in [4.69, 9.17) is 4.98 Å².